The van der Waals surface area contributed by atoms with Crippen LogP contribution in [-0.4, -0.2) is 44.6 Å². The summed E-state index contributed by atoms with van der Waals surface area (Å²) in [4.78, 5) is 0. The zero-order valence-electron chi connectivity index (χ0n) is 11.3. The smallest absolute Gasteiger partial charge is 0.283 e. The Morgan fingerprint density at radius 3 is 2.15 bits per heavy atom. The molecule has 0 aliphatic heterocycles. The zero-order valence-corrected chi connectivity index (χ0v) is 11.3. The fourth-order valence-corrected chi connectivity index (χ4v) is 3.20. The van der Waals surface area contributed by atoms with E-state index in [1.165, 1.54) is 13.2 Å². The monoisotopic (exact) mass is 298 g/mol. The van der Waals surface area contributed by atoms with Crippen LogP contribution in [0.3, 0.4) is 0 Å². The minimum atomic E-state index is -3.60. The van der Waals surface area contributed by atoms with Crippen molar-refractivity contribution in [2.45, 2.75) is 36.7 Å². The Kier molecular flexibility index (Phi) is 3.90. The molecule has 0 heterocycles. The lowest BCUT2D eigenvalue weighted by Crippen LogP contribution is -2.59. The molecule has 2 rings (SSSR count). The van der Waals surface area contributed by atoms with Crippen LogP contribution in [0.25, 0.3) is 0 Å². The van der Waals surface area contributed by atoms with Gasteiger partial charge in [0, 0.05) is 25.4 Å². The number of methoxy groups -OCH3 is 1. The predicted octanol–water partition coefficient (Wildman–Crippen LogP) is 3.00. The van der Waals surface area contributed by atoms with Gasteiger partial charge in [0.25, 0.3) is 11.8 Å². The van der Waals surface area contributed by atoms with E-state index in [1.807, 2.05) is 0 Å². The highest BCUT2D eigenvalue weighted by atomic mass is 19.3. The number of hydrogen-bond donors (Lipinski definition) is 0. The third-order valence-corrected chi connectivity index (χ3v) is 4.18. The fraction of sp³-hybridized carbons (Fsp3) is 0.846. The largest absolute Gasteiger partial charge is 0.382 e. The topological polar surface area (TPSA) is 27.7 Å². The van der Waals surface area contributed by atoms with Gasteiger partial charge in [0.15, 0.2) is 5.60 Å². The Balaban J connectivity index is 2.11. The van der Waals surface area contributed by atoms with Gasteiger partial charge in [-0.3, -0.25) is 0 Å². The summed E-state index contributed by atoms with van der Waals surface area (Å²) in [5.41, 5.74) is -4.05. The highest BCUT2D eigenvalue weighted by molar-refractivity contribution is 5.27. The number of hydrogen-bond acceptors (Lipinski definition) is 3. The van der Waals surface area contributed by atoms with Gasteiger partial charge >= 0.3 is 0 Å². The quantitative estimate of drug-likeness (QED) is 0.313. The number of ether oxygens (including phenoxy) is 3. The van der Waals surface area contributed by atoms with Gasteiger partial charge < -0.3 is 14.2 Å². The third kappa shape index (κ3) is 2.16. The van der Waals surface area contributed by atoms with Crippen molar-refractivity contribution < 1.29 is 31.8 Å². The molecular formula is C13H18F4O3. The minimum Gasteiger partial charge on any atom is -0.382 e. The molecule has 2 aliphatic carbocycles. The molecule has 0 aromatic heterocycles. The summed E-state index contributed by atoms with van der Waals surface area (Å²) in [7, 11) is 1.44. The second kappa shape index (κ2) is 4.96. The van der Waals surface area contributed by atoms with E-state index in [4.69, 9.17) is 14.2 Å². The summed E-state index contributed by atoms with van der Waals surface area (Å²) in [6, 6.07) is 0. The molecule has 2 saturated carbocycles. The Hall–Kier alpha value is -0.660. The van der Waals surface area contributed by atoms with Gasteiger partial charge in [-0.1, -0.05) is 6.08 Å². The molecule has 2 bridgehead atoms. The van der Waals surface area contributed by atoms with Gasteiger partial charge in [0.05, 0.1) is 13.2 Å². The number of halogens is 4. The van der Waals surface area contributed by atoms with Crippen LogP contribution >= 0.6 is 0 Å². The lowest BCUT2D eigenvalue weighted by molar-refractivity contribution is -0.311. The van der Waals surface area contributed by atoms with Crippen molar-refractivity contribution in [1.29, 1.82) is 0 Å². The maximum absolute atomic E-state index is 14.1. The summed E-state index contributed by atoms with van der Waals surface area (Å²) in [6.45, 7) is 3.15. The summed E-state index contributed by atoms with van der Waals surface area (Å²) in [5, 5.41) is 0. The first-order chi connectivity index (χ1) is 9.24. The van der Waals surface area contributed by atoms with Crippen LogP contribution in [0.5, 0.6) is 0 Å². The van der Waals surface area contributed by atoms with Gasteiger partial charge in [-0.2, -0.15) is 0 Å². The van der Waals surface area contributed by atoms with Gasteiger partial charge in [-0.05, 0) is 6.42 Å². The molecule has 0 N–H and O–H groups in total. The van der Waals surface area contributed by atoms with Crippen molar-refractivity contribution in [3.05, 3.63) is 12.7 Å². The Labute approximate surface area is 114 Å². The molecule has 20 heavy (non-hydrogen) atoms. The SMILES string of the molecule is C=CC12CC(F)(F)C(OCOCCOC)(C1)C(F)(F)C2. The third-order valence-electron chi connectivity index (χ3n) is 4.18. The lowest BCUT2D eigenvalue weighted by Gasteiger charge is -2.40. The van der Waals surface area contributed by atoms with Crippen LogP contribution < -0.4 is 0 Å². The molecule has 2 fully saturated rings. The lowest BCUT2D eigenvalue weighted by atomic mass is 9.81. The standard InChI is InChI=1S/C13H18F4O3/c1-3-10-6-11(12(14,15)7-10,13(16,17)8-10)20-9-19-5-4-18-2/h3H,1,4-9H2,2H3. The molecule has 116 valence electrons. The first kappa shape index (κ1) is 15.7. The number of rotatable bonds is 7. The fourth-order valence-electron chi connectivity index (χ4n) is 3.20. The second-order valence-electron chi connectivity index (χ2n) is 5.50. The minimum absolute atomic E-state index is 0.0936. The van der Waals surface area contributed by atoms with Crippen molar-refractivity contribution in [2.24, 2.45) is 5.41 Å². The van der Waals surface area contributed by atoms with Crippen molar-refractivity contribution in [1.82, 2.24) is 0 Å². The van der Waals surface area contributed by atoms with Crippen molar-refractivity contribution in [3.8, 4) is 0 Å². The van der Waals surface area contributed by atoms with Crippen LogP contribution in [0, 0.1) is 5.41 Å². The Morgan fingerprint density at radius 2 is 1.65 bits per heavy atom. The number of fused-ring (bicyclic) bond motifs is 2. The number of alkyl halides is 4. The molecule has 0 aromatic rings. The molecule has 0 atom stereocenters. The van der Waals surface area contributed by atoms with Crippen LogP contribution in [-0.2, 0) is 14.2 Å². The van der Waals surface area contributed by atoms with E-state index in [1.54, 1.807) is 0 Å². The van der Waals surface area contributed by atoms with E-state index in [0.29, 0.717) is 0 Å². The molecule has 7 heteroatoms. The van der Waals surface area contributed by atoms with Crippen LogP contribution in [0.2, 0.25) is 0 Å². The molecule has 0 spiro atoms. The Morgan fingerprint density at radius 1 is 1.05 bits per heavy atom. The van der Waals surface area contributed by atoms with Gasteiger partial charge in [0.2, 0.25) is 0 Å². The van der Waals surface area contributed by atoms with Gasteiger partial charge in [-0.25, -0.2) is 17.6 Å². The van der Waals surface area contributed by atoms with E-state index >= 15 is 0 Å². The zero-order chi connectivity index (χ0) is 15.1. The average Bonchev–Trinajstić information content (AvgIpc) is 2.71. The molecule has 3 nitrogen and oxygen atoms in total. The normalized spacial score (nSPS) is 37.2. The first-order valence-corrected chi connectivity index (χ1v) is 6.34. The van der Waals surface area contributed by atoms with E-state index in [2.05, 4.69) is 6.58 Å². The average molecular weight is 298 g/mol. The molecule has 0 unspecified atom stereocenters. The molecule has 0 aromatic carbocycles. The van der Waals surface area contributed by atoms with Crippen LogP contribution in [0.15, 0.2) is 12.7 Å². The Bertz CT molecular complexity index is 366. The van der Waals surface area contributed by atoms with Crippen molar-refractivity contribution in [2.75, 3.05) is 27.1 Å². The molecule has 2 aliphatic rings. The maximum atomic E-state index is 14.1. The summed E-state index contributed by atoms with van der Waals surface area (Å²) in [5.74, 6) is -7.21. The van der Waals surface area contributed by atoms with E-state index in [-0.39, 0.29) is 13.2 Å². The van der Waals surface area contributed by atoms with Crippen LogP contribution in [0.4, 0.5) is 17.6 Å². The van der Waals surface area contributed by atoms with E-state index in [0.717, 1.165) is 0 Å². The molecular weight excluding hydrogens is 280 g/mol. The molecule has 0 radical (unpaired) electrons. The molecule has 0 saturated heterocycles. The maximum Gasteiger partial charge on any atom is 0.283 e. The number of allylic oxidation sites excluding steroid dienone is 1. The first-order valence-electron chi connectivity index (χ1n) is 6.34. The second-order valence-corrected chi connectivity index (χ2v) is 5.50. The van der Waals surface area contributed by atoms with Gasteiger partial charge in [0.1, 0.15) is 6.79 Å². The van der Waals surface area contributed by atoms with Gasteiger partial charge in [-0.15, -0.1) is 6.58 Å². The highest BCUT2D eigenvalue weighted by Crippen LogP contribution is 2.70. The van der Waals surface area contributed by atoms with Crippen molar-refractivity contribution >= 4 is 0 Å². The van der Waals surface area contributed by atoms with E-state index < -0.39 is 48.9 Å². The molecule has 0 amide bonds. The highest BCUT2D eigenvalue weighted by Gasteiger charge is 2.82. The van der Waals surface area contributed by atoms with E-state index in [9.17, 15) is 17.6 Å². The summed E-state index contributed by atoms with van der Waals surface area (Å²) in [6.07, 6.45) is -0.538. The summed E-state index contributed by atoms with van der Waals surface area (Å²) >= 11 is 0. The van der Waals surface area contributed by atoms with Crippen LogP contribution in [0.1, 0.15) is 19.3 Å². The summed E-state index contributed by atoms with van der Waals surface area (Å²) < 4.78 is 70.7. The van der Waals surface area contributed by atoms with Crippen molar-refractivity contribution in [3.63, 3.8) is 0 Å². The predicted molar refractivity (Wildman–Crippen MR) is 62.9 cm³/mol.